The number of carbonyl (C=O) groups is 2. The number of hydrogen-bond acceptors (Lipinski definition) is 5. The quantitative estimate of drug-likeness (QED) is 0.521. The van der Waals surface area contributed by atoms with Crippen LogP contribution in [0.3, 0.4) is 0 Å². The van der Waals surface area contributed by atoms with Crippen molar-refractivity contribution in [1.29, 1.82) is 0 Å². The van der Waals surface area contributed by atoms with Crippen LogP contribution in [-0.4, -0.2) is 50.6 Å². The predicted octanol–water partition coefficient (Wildman–Crippen LogP) is 0.526. The maximum Gasteiger partial charge on any atom is 0.352 e. The van der Waals surface area contributed by atoms with Gasteiger partial charge in [-0.25, -0.2) is 9.36 Å². The number of aliphatic hydroxyl groups is 1. The summed E-state index contributed by atoms with van der Waals surface area (Å²) in [6.45, 7) is 3.91. The maximum atomic E-state index is 12.4. The number of carboxylic acids is 1. The molecule has 8 nitrogen and oxygen atoms in total. The van der Waals surface area contributed by atoms with Crippen LogP contribution in [0.4, 0.5) is 5.82 Å². The monoisotopic (exact) mass is 377 g/mol. The SMILES string of the molecule is CNc1csc2c[n+](CC3=C(C(=O)O)N4C(=O)[C@H]([C@@H](C)O)[C@H]4[C@H]3C)cn12. The Morgan fingerprint density at radius 2 is 2.23 bits per heavy atom. The molecule has 2 aliphatic rings. The molecule has 0 radical (unpaired) electrons. The molecule has 3 N–H and O–H groups in total. The van der Waals surface area contributed by atoms with Crippen LogP contribution in [0.2, 0.25) is 0 Å². The van der Waals surface area contributed by atoms with Gasteiger partial charge in [0.05, 0.1) is 23.4 Å². The molecule has 4 rings (SSSR count). The highest BCUT2D eigenvalue weighted by molar-refractivity contribution is 7.15. The Bertz CT molecular complexity index is 944. The number of β-lactam (4-membered cyclic amide) rings is 1. The van der Waals surface area contributed by atoms with Gasteiger partial charge >= 0.3 is 5.97 Å². The third-order valence-electron chi connectivity index (χ3n) is 5.46. The number of rotatable bonds is 5. The third-order valence-corrected chi connectivity index (χ3v) is 6.34. The van der Waals surface area contributed by atoms with Crippen LogP contribution in [0.25, 0.3) is 4.83 Å². The van der Waals surface area contributed by atoms with Crippen molar-refractivity contribution in [3.8, 4) is 0 Å². The number of nitrogens with zero attached hydrogens (tertiary/aromatic N) is 3. The van der Waals surface area contributed by atoms with Gasteiger partial charge in [0.25, 0.3) is 6.33 Å². The lowest BCUT2D eigenvalue weighted by Crippen LogP contribution is -2.63. The molecule has 1 amide bonds. The van der Waals surface area contributed by atoms with Gasteiger partial charge in [-0.15, -0.1) is 0 Å². The van der Waals surface area contributed by atoms with E-state index in [1.165, 1.54) is 4.90 Å². The molecular weight excluding hydrogens is 356 g/mol. The van der Waals surface area contributed by atoms with Crippen molar-refractivity contribution in [2.24, 2.45) is 11.8 Å². The van der Waals surface area contributed by atoms with E-state index in [1.54, 1.807) is 18.3 Å². The summed E-state index contributed by atoms with van der Waals surface area (Å²) in [4.78, 5) is 26.6. The average Bonchev–Trinajstić information content (AvgIpc) is 3.19. The number of aliphatic hydroxyl groups excluding tert-OH is 1. The number of carbonyl (C=O) groups excluding carboxylic acids is 1. The molecular formula is C17H21N4O4S+. The Morgan fingerprint density at radius 3 is 2.85 bits per heavy atom. The molecule has 0 aromatic carbocycles. The number of thiazole rings is 1. The van der Waals surface area contributed by atoms with Crippen LogP contribution in [0.15, 0.2) is 29.2 Å². The first-order chi connectivity index (χ1) is 12.3. The number of aromatic nitrogens is 2. The van der Waals surface area contributed by atoms with E-state index in [1.807, 2.05) is 40.8 Å². The summed E-state index contributed by atoms with van der Waals surface area (Å²) in [6.07, 6.45) is 3.10. The highest BCUT2D eigenvalue weighted by atomic mass is 32.1. The fraction of sp³-hybridized carbons (Fsp3) is 0.471. The Morgan fingerprint density at radius 1 is 1.50 bits per heavy atom. The van der Waals surface area contributed by atoms with Gasteiger partial charge in [0, 0.05) is 18.5 Å². The normalized spacial score (nSPS) is 26.2. The van der Waals surface area contributed by atoms with Gasteiger partial charge in [-0.1, -0.05) is 18.3 Å². The molecule has 0 unspecified atom stereocenters. The Labute approximate surface area is 154 Å². The molecule has 0 spiro atoms. The average molecular weight is 377 g/mol. The molecule has 0 aliphatic carbocycles. The second-order valence-electron chi connectivity index (χ2n) is 6.93. The molecule has 2 aliphatic heterocycles. The summed E-state index contributed by atoms with van der Waals surface area (Å²) in [5.74, 6) is -1.08. The van der Waals surface area contributed by atoms with Crippen LogP contribution in [0.1, 0.15) is 13.8 Å². The predicted molar refractivity (Wildman–Crippen MR) is 94.6 cm³/mol. The molecule has 4 atom stereocenters. The largest absolute Gasteiger partial charge is 0.477 e. The van der Waals surface area contributed by atoms with Crippen molar-refractivity contribution >= 4 is 33.9 Å². The molecule has 1 fully saturated rings. The lowest BCUT2D eigenvalue weighted by molar-refractivity contribution is -0.688. The van der Waals surface area contributed by atoms with Crippen molar-refractivity contribution in [3.63, 3.8) is 0 Å². The Kier molecular flexibility index (Phi) is 3.81. The minimum absolute atomic E-state index is 0.0697. The number of amides is 1. The summed E-state index contributed by atoms with van der Waals surface area (Å²) in [5.41, 5.74) is 0.786. The van der Waals surface area contributed by atoms with Gasteiger partial charge in [0.2, 0.25) is 16.6 Å². The summed E-state index contributed by atoms with van der Waals surface area (Å²) in [6, 6.07) is -0.277. The first-order valence-electron chi connectivity index (χ1n) is 8.49. The van der Waals surface area contributed by atoms with Gasteiger partial charge in [0.1, 0.15) is 18.4 Å². The van der Waals surface area contributed by atoms with Gasteiger partial charge in [-0.05, 0) is 6.92 Å². The van der Waals surface area contributed by atoms with E-state index in [9.17, 15) is 19.8 Å². The van der Waals surface area contributed by atoms with E-state index in [0.717, 1.165) is 10.6 Å². The molecule has 4 heterocycles. The number of hydrogen-bond donors (Lipinski definition) is 3. The van der Waals surface area contributed by atoms with Crippen molar-refractivity contribution in [3.05, 3.63) is 29.2 Å². The fourth-order valence-corrected chi connectivity index (χ4v) is 5.12. The number of imidazole rings is 1. The molecule has 1 saturated heterocycles. The summed E-state index contributed by atoms with van der Waals surface area (Å²) < 4.78 is 3.94. The van der Waals surface area contributed by atoms with Gasteiger partial charge < -0.3 is 20.4 Å². The zero-order valence-corrected chi connectivity index (χ0v) is 15.5. The van der Waals surface area contributed by atoms with Gasteiger partial charge in [0.15, 0.2) is 0 Å². The first-order valence-corrected chi connectivity index (χ1v) is 9.37. The van der Waals surface area contributed by atoms with E-state index >= 15 is 0 Å². The number of fused-ring (bicyclic) bond motifs is 2. The number of anilines is 1. The topological polar surface area (TPSA) is 98.2 Å². The number of aliphatic carboxylic acids is 1. The van der Waals surface area contributed by atoms with Crippen molar-refractivity contribution in [2.45, 2.75) is 32.5 Å². The molecule has 2 aromatic heterocycles. The van der Waals surface area contributed by atoms with Crippen molar-refractivity contribution in [2.75, 3.05) is 12.4 Å². The van der Waals surface area contributed by atoms with Gasteiger partial charge in [-0.2, -0.15) is 4.40 Å². The molecule has 0 bridgehead atoms. The second-order valence-corrected chi connectivity index (χ2v) is 7.82. The third kappa shape index (κ3) is 2.20. The molecule has 2 aromatic rings. The fourth-order valence-electron chi connectivity index (χ4n) is 4.20. The number of nitrogens with one attached hydrogen (secondary N) is 1. The molecule has 0 saturated carbocycles. The van der Waals surface area contributed by atoms with Crippen LogP contribution in [0, 0.1) is 11.8 Å². The lowest BCUT2D eigenvalue weighted by atomic mass is 9.78. The second kappa shape index (κ2) is 5.82. The van der Waals surface area contributed by atoms with Gasteiger partial charge in [-0.3, -0.25) is 4.79 Å². The maximum absolute atomic E-state index is 12.4. The van der Waals surface area contributed by atoms with E-state index in [2.05, 4.69) is 5.32 Å². The highest BCUT2D eigenvalue weighted by Crippen LogP contribution is 2.47. The lowest BCUT2D eigenvalue weighted by Gasteiger charge is -2.46. The highest BCUT2D eigenvalue weighted by Gasteiger charge is 2.60. The zero-order valence-electron chi connectivity index (χ0n) is 14.7. The summed E-state index contributed by atoms with van der Waals surface area (Å²) in [7, 11) is 1.85. The van der Waals surface area contributed by atoms with Crippen molar-refractivity contribution < 1.29 is 24.4 Å². The minimum Gasteiger partial charge on any atom is -0.477 e. The number of carboxylic acid groups (broad SMARTS) is 1. The van der Waals surface area contributed by atoms with E-state index in [-0.39, 0.29) is 23.6 Å². The van der Waals surface area contributed by atoms with Crippen LogP contribution in [-0.2, 0) is 16.1 Å². The molecule has 26 heavy (non-hydrogen) atoms. The van der Waals surface area contributed by atoms with Crippen LogP contribution in [0.5, 0.6) is 0 Å². The van der Waals surface area contributed by atoms with Crippen LogP contribution >= 0.6 is 11.3 Å². The Hall–Kier alpha value is -2.39. The van der Waals surface area contributed by atoms with E-state index < -0.39 is 18.0 Å². The standard InChI is InChI=1S/C17H20N4O4S/c1-8-10(4-19-5-12-20(7-19)11(18-3)6-26-12)15(17(24)25)21-14(8)13(9(2)22)16(21)23/h5-9,13-14,18,22H,4H2,1-3H3/p+1/t8-,9+,13+,14+/m0/s1. The molecule has 138 valence electrons. The van der Waals surface area contributed by atoms with E-state index in [0.29, 0.717) is 12.1 Å². The Balaban J connectivity index is 1.70. The van der Waals surface area contributed by atoms with Crippen LogP contribution < -0.4 is 9.88 Å². The summed E-state index contributed by atoms with van der Waals surface area (Å²) in [5, 5.41) is 24.7. The zero-order chi connectivity index (χ0) is 18.7. The van der Waals surface area contributed by atoms with E-state index in [4.69, 9.17) is 0 Å². The minimum atomic E-state index is -1.09. The van der Waals surface area contributed by atoms with Crippen molar-refractivity contribution in [1.82, 2.24) is 9.30 Å². The first kappa shape index (κ1) is 17.0. The summed E-state index contributed by atoms with van der Waals surface area (Å²) >= 11 is 1.59. The smallest absolute Gasteiger partial charge is 0.352 e. The molecule has 9 heteroatoms.